The lowest BCUT2D eigenvalue weighted by atomic mass is 9.97. The number of hydrogen-bond donors (Lipinski definition) is 0. The van der Waals surface area contributed by atoms with Crippen LogP contribution in [0, 0.1) is 13.8 Å². The van der Waals surface area contributed by atoms with E-state index in [1.807, 2.05) is 40.7 Å². The van der Waals surface area contributed by atoms with E-state index < -0.39 is 17.8 Å². The second-order valence-electron chi connectivity index (χ2n) is 9.39. The molecule has 1 aliphatic carbocycles. The molecule has 4 rings (SSSR count). The summed E-state index contributed by atoms with van der Waals surface area (Å²) in [6.07, 6.45) is 0.728. The van der Waals surface area contributed by atoms with Crippen molar-refractivity contribution in [3.05, 3.63) is 35.0 Å². The van der Waals surface area contributed by atoms with Crippen molar-refractivity contribution in [2.75, 3.05) is 7.11 Å². The maximum absolute atomic E-state index is 13.3. The van der Waals surface area contributed by atoms with Gasteiger partial charge in [-0.15, -0.1) is 0 Å². The third-order valence-electron chi connectivity index (χ3n) is 5.62. The molecule has 1 saturated carbocycles. The average Bonchev–Trinajstić information content (AvgIpc) is 3.41. The summed E-state index contributed by atoms with van der Waals surface area (Å²) in [4.78, 5) is 31.3. The van der Waals surface area contributed by atoms with Crippen LogP contribution in [0.15, 0.2) is 16.7 Å². The predicted octanol–water partition coefficient (Wildman–Crippen LogP) is 5.19. The molecule has 1 unspecified atom stereocenters. The Morgan fingerprint density at radius 1 is 1.22 bits per heavy atom. The van der Waals surface area contributed by atoms with E-state index in [2.05, 4.69) is 5.16 Å². The number of ether oxygens (including phenoxy) is 2. The highest BCUT2D eigenvalue weighted by Gasteiger charge is 2.35. The topological polar surface area (TPSA) is 96.5 Å². The first-order valence-corrected chi connectivity index (χ1v) is 10.8. The quantitative estimate of drug-likeness (QED) is 0.505. The average molecular weight is 440 g/mol. The third-order valence-corrected chi connectivity index (χ3v) is 5.62. The smallest absolute Gasteiger partial charge is 0.420 e. The van der Waals surface area contributed by atoms with Crippen LogP contribution in [-0.2, 0) is 9.47 Å². The molecular formula is C24H29N3O5. The van der Waals surface area contributed by atoms with Crippen LogP contribution in [0.3, 0.4) is 0 Å². The highest BCUT2D eigenvalue weighted by atomic mass is 16.6. The Balaban J connectivity index is 2.03. The monoisotopic (exact) mass is 439 g/mol. The number of fused-ring (bicyclic) bond motifs is 1. The lowest BCUT2D eigenvalue weighted by Gasteiger charge is -2.20. The molecule has 1 aromatic carbocycles. The molecule has 0 radical (unpaired) electrons. The van der Waals surface area contributed by atoms with E-state index in [1.165, 1.54) is 11.7 Å². The molecule has 2 heterocycles. The molecule has 170 valence electrons. The Morgan fingerprint density at radius 3 is 2.44 bits per heavy atom. The Labute approximate surface area is 186 Å². The number of nitrogens with zero attached hydrogens (tertiary/aromatic N) is 3. The number of methoxy groups -OCH3 is 1. The molecule has 32 heavy (non-hydrogen) atoms. The van der Waals surface area contributed by atoms with Gasteiger partial charge in [-0.1, -0.05) is 5.16 Å². The van der Waals surface area contributed by atoms with Crippen LogP contribution < -0.4 is 0 Å². The van der Waals surface area contributed by atoms with Crippen molar-refractivity contribution in [2.24, 2.45) is 0 Å². The van der Waals surface area contributed by atoms with Gasteiger partial charge in [0.1, 0.15) is 28.8 Å². The zero-order chi connectivity index (χ0) is 23.4. The van der Waals surface area contributed by atoms with Crippen LogP contribution in [0.4, 0.5) is 4.79 Å². The fraction of sp³-hybridized carbons (Fsp3) is 0.500. The maximum Gasteiger partial charge on any atom is 0.420 e. The number of aryl methyl sites for hydroxylation is 2. The highest BCUT2D eigenvalue weighted by Crippen LogP contribution is 2.42. The van der Waals surface area contributed by atoms with Crippen LogP contribution in [0.25, 0.3) is 22.2 Å². The van der Waals surface area contributed by atoms with Crippen molar-refractivity contribution in [3.63, 3.8) is 0 Å². The van der Waals surface area contributed by atoms with Gasteiger partial charge in [0.15, 0.2) is 5.78 Å². The second-order valence-corrected chi connectivity index (χ2v) is 9.39. The Bertz CT molecular complexity index is 1190. The third kappa shape index (κ3) is 3.95. The van der Waals surface area contributed by atoms with Gasteiger partial charge in [-0.2, -0.15) is 0 Å². The minimum atomic E-state index is -0.670. The number of imidazole rings is 1. The Hall–Kier alpha value is -3.00. The first kappa shape index (κ1) is 22.2. The van der Waals surface area contributed by atoms with E-state index in [9.17, 15) is 9.59 Å². The van der Waals surface area contributed by atoms with Crippen molar-refractivity contribution in [3.8, 4) is 11.1 Å². The van der Waals surface area contributed by atoms with E-state index in [1.54, 1.807) is 13.0 Å². The molecule has 0 saturated heterocycles. The van der Waals surface area contributed by atoms with Gasteiger partial charge < -0.3 is 14.0 Å². The highest BCUT2D eigenvalue weighted by molar-refractivity contribution is 6.11. The Kier molecular flexibility index (Phi) is 5.45. The molecule has 1 fully saturated rings. The summed E-state index contributed by atoms with van der Waals surface area (Å²) in [5.74, 6) is 1.22. The summed E-state index contributed by atoms with van der Waals surface area (Å²) >= 11 is 0. The second kappa shape index (κ2) is 7.85. The van der Waals surface area contributed by atoms with Crippen molar-refractivity contribution in [2.45, 2.75) is 72.0 Å². The van der Waals surface area contributed by atoms with E-state index in [0.29, 0.717) is 33.9 Å². The zero-order valence-corrected chi connectivity index (χ0v) is 19.6. The molecule has 1 atom stereocenters. The van der Waals surface area contributed by atoms with Gasteiger partial charge >= 0.3 is 6.09 Å². The lowest BCUT2D eigenvalue weighted by molar-refractivity contribution is 0.0538. The molecule has 0 spiro atoms. The van der Waals surface area contributed by atoms with Crippen LogP contribution in [-0.4, -0.2) is 45.4 Å². The van der Waals surface area contributed by atoms with Crippen LogP contribution in [0.2, 0.25) is 0 Å². The molecular weight excluding hydrogens is 410 g/mol. The molecule has 1 aliphatic rings. The number of aromatic nitrogens is 3. The van der Waals surface area contributed by atoms with Crippen LogP contribution in [0.1, 0.15) is 74.1 Å². The molecule has 8 nitrogen and oxygen atoms in total. The molecule has 0 bridgehead atoms. The molecule has 0 amide bonds. The standard InChI is InChI=1S/C24H29N3O5/c1-12-19(13(2)32-26-12)16-10-17(21(28)14(3)30-7)20-18(11-16)27(22(25-20)15-8-9-15)23(29)31-24(4,5)6/h10-11,14-15H,8-9H2,1-7H3. The van der Waals surface area contributed by atoms with Gasteiger partial charge in [0.2, 0.25) is 0 Å². The zero-order valence-electron chi connectivity index (χ0n) is 19.6. The fourth-order valence-corrected chi connectivity index (χ4v) is 3.86. The lowest BCUT2D eigenvalue weighted by Crippen LogP contribution is -2.28. The number of rotatable bonds is 5. The van der Waals surface area contributed by atoms with E-state index in [0.717, 1.165) is 24.0 Å². The van der Waals surface area contributed by atoms with E-state index in [-0.39, 0.29) is 11.7 Å². The molecule has 2 aromatic heterocycles. The van der Waals surface area contributed by atoms with Gasteiger partial charge in [0.25, 0.3) is 0 Å². The van der Waals surface area contributed by atoms with Gasteiger partial charge in [-0.05, 0) is 72.1 Å². The van der Waals surface area contributed by atoms with E-state index >= 15 is 0 Å². The molecule has 0 N–H and O–H groups in total. The Morgan fingerprint density at radius 2 is 1.91 bits per heavy atom. The van der Waals surface area contributed by atoms with Crippen molar-refractivity contribution >= 4 is 22.9 Å². The molecule has 3 aromatic rings. The number of hydrogen-bond acceptors (Lipinski definition) is 7. The van der Waals surface area contributed by atoms with Gasteiger partial charge in [-0.3, -0.25) is 4.79 Å². The summed E-state index contributed by atoms with van der Waals surface area (Å²) < 4.78 is 17.9. The van der Waals surface area contributed by atoms with Crippen LogP contribution >= 0.6 is 0 Å². The predicted molar refractivity (Wildman–Crippen MR) is 119 cm³/mol. The number of benzene rings is 1. The van der Waals surface area contributed by atoms with E-state index in [4.69, 9.17) is 19.0 Å². The largest absolute Gasteiger partial charge is 0.443 e. The molecule has 8 heteroatoms. The first-order valence-electron chi connectivity index (χ1n) is 10.8. The van der Waals surface area contributed by atoms with Gasteiger partial charge in [0.05, 0.1) is 11.2 Å². The summed E-state index contributed by atoms with van der Waals surface area (Å²) in [6, 6.07) is 3.65. The number of carbonyl (C=O) groups is 2. The number of carbonyl (C=O) groups excluding carboxylic acids is 2. The van der Waals surface area contributed by atoms with Crippen molar-refractivity contribution in [1.82, 2.24) is 14.7 Å². The summed E-state index contributed by atoms with van der Waals surface area (Å²) in [7, 11) is 1.49. The maximum atomic E-state index is 13.3. The van der Waals surface area contributed by atoms with Gasteiger partial charge in [-0.25, -0.2) is 14.3 Å². The minimum absolute atomic E-state index is 0.167. The first-order chi connectivity index (χ1) is 15.0. The normalized spacial score (nSPS) is 15.2. The molecule has 0 aliphatic heterocycles. The van der Waals surface area contributed by atoms with Gasteiger partial charge in [0, 0.05) is 24.2 Å². The SMILES string of the molecule is COC(C)C(=O)c1cc(-c2c(C)noc2C)cc2c1nc(C1CC1)n2C(=O)OC(C)(C)C. The van der Waals surface area contributed by atoms with Crippen LogP contribution in [0.5, 0.6) is 0 Å². The summed E-state index contributed by atoms with van der Waals surface area (Å²) in [5, 5.41) is 4.05. The number of ketones is 1. The fourth-order valence-electron chi connectivity index (χ4n) is 3.86. The van der Waals surface area contributed by atoms with Crippen molar-refractivity contribution in [1.29, 1.82) is 0 Å². The van der Waals surface area contributed by atoms with Crippen molar-refractivity contribution < 1.29 is 23.6 Å². The summed E-state index contributed by atoms with van der Waals surface area (Å²) in [5.41, 5.74) is 2.95. The number of Topliss-reactive ketones (excluding diaryl/α,β-unsaturated/α-hetero) is 1. The minimum Gasteiger partial charge on any atom is -0.443 e. The summed E-state index contributed by atoms with van der Waals surface area (Å²) in [6.45, 7) is 10.8.